The van der Waals surface area contributed by atoms with E-state index in [0.29, 0.717) is 18.4 Å². The molecule has 0 amide bonds. The molecule has 6 heteroatoms. The number of aliphatic imine (C=N–C) groups is 1. The number of esters is 2. The summed E-state index contributed by atoms with van der Waals surface area (Å²) in [6, 6.07) is -0.611. The summed E-state index contributed by atoms with van der Waals surface area (Å²) in [5.41, 5.74) is -0.922. The van der Waals surface area contributed by atoms with Crippen LogP contribution in [0.2, 0.25) is 0 Å². The molecule has 3 aliphatic rings. The van der Waals surface area contributed by atoms with Crippen LogP contribution in [0.5, 0.6) is 0 Å². The average molecular weight is 408 g/mol. The van der Waals surface area contributed by atoms with Crippen molar-refractivity contribution in [2.45, 2.75) is 97.1 Å². The molecule has 6 nitrogen and oxygen atoms in total. The minimum atomic E-state index is -0.611. The van der Waals surface area contributed by atoms with Crippen molar-refractivity contribution in [1.82, 2.24) is 0 Å². The van der Waals surface area contributed by atoms with Crippen LogP contribution in [0.4, 0.5) is 0 Å². The van der Waals surface area contributed by atoms with Gasteiger partial charge in [0.2, 0.25) is 0 Å². The quantitative estimate of drug-likeness (QED) is 0.556. The van der Waals surface area contributed by atoms with Crippen molar-refractivity contribution in [1.29, 1.82) is 0 Å². The Morgan fingerprint density at radius 3 is 2.55 bits per heavy atom. The topological polar surface area (TPSA) is 74.2 Å². The fourth-order valence-corrected chi connectivity index (χ4v) is 4.87. The van der Waals surface area contributed by atoms with E-state index in [-0.39, 0.29) is 25.0 Å². The summed E-state index contributed by atoms with van der Waals surface area (Å²) in [6.45, 7) is 7.96. The Hall–Kier alpha value is -1.59. The predicted octanol–water partition coefficient (Wildman–Crippen LogP) is 4.45. The first-order valence-corrected chi connectivity index (χ1v) is 11.3. The minimum absolute atomic E-state index is 0.208. The van der Waals surface area contributed by atoms with Crippen molar-refractivity contribution in [2.24, 2.45) is 22.2 Å². The summed E-state index contributed by atoms with van der Waals surface area (Å²) < 4.78 is 16.5. The summed E-state index contributed by atoms with van der Waals surface area (Å²) >= 11 is 0. The van der Waals surface area contributed by atoms with E-state index in [1.54, 1.807) is 6.92 Å². The molecule has 3 rings (SSSR count). The number of carbonyl (C=O) groups is 2. The largest absolute Gasteiger partial charge is 0.478 e. The lowest BCUT2D eigenvalue weighted by molar-refractivity contribution is -0.156. The highest BCUT2D eigenvalue weighted by atomic mass is 16.6. The van der Waals surface area contributed by atoms with Gasteiger partial charge in [-0.15, -0.1) is 0 Å². The van der Waals surface area contributed by atoms with Gasteiger partial charge in [-0.05, 0) is 52.4 Å². The Morgan fingerprint density at radius 2 is 1.90 bits per heavy atom. The Balaban J connectivity index is 1.67. The Kier molecular flexibility index (Phi) is 6.90. The second kappa shape index (κ2) is 9.05. The van der Waals surface area contributed by atoms with E-state index < -0.39 is 17.1 Å². The highest BCUT2D eigenvalue weighted by Gasteiger charge is 2.61. The minimum Gasteiger partial charge on any atom is -0.478 e. The Labute approximate surface area is 174 Å². The monoisotopic (exact) mass is 407 g/mol. The van der Waals surface area contributed by atoms with E-state index in [1.165, 1.54) is 38.5 Å². The molecule has 0 saturated heterocycles. The van der Waals surface area contributed by atoms with E-state index in [2.05, 4.69) is 4.99 Å². The molecule has 1 unspecified atom stereocenters. The highest BCUT2D eigenvalue weighted by molar-refractivity contribution is 5.94. The van der Waals surface area contributed by atoms with Crippen LogP contribution in [-0.4, -0.2) is 42.7 Å². The molecular formula is C23H37NO5. The number of hydrogen-bond acceptors (Lipinski definition) is 6. The van der Waals surface area contributed by atoms with Crippen LogP contribution in [0, 0.1) is 17.3 Å². The van der Waals surface area contributed by atoms with E-state index in [4.69, 9.17) is 14.2 Å². The smallest absolute Gasteiger partial charge is 0.334 e. The van der Waals surface area contributed by atoms with Gasteiger partial charge in [0, 0.05) is 0 Å². The Bertz CT molecular complexity index is 632. The number of ether oxygens (including phenoxy) is 3. The lowest BCUT2D eigenvalue weighted by Crippen LogP contribution is -2.29. The number of rotatable bonds is 8. The maximum Gasteiger partial charge on any atom is 0.334 e. The van der Waals surface area contributed by atoms with Gasteiger partial charge in [0.15, 0.2) is 11.9 Å². The zero-order chi connectivity index (χ0) is 21.1. The molecule has 0 bridgehead atoms. The van der Waals surface area contributed by atoms with Crippen LogP contribution in [-0.2, 0) is 23.8 Å². The maximum atomic E-state index is 12.6. The Morgan fingerprint density at radius 1 is 1.17 bits per heavy atom. The normalized spacial score (nSPS) is 29.7. The lowest BCUT2D eigenvalue weighted by Gasteiger charge is -2.24. The molecule has 2 saturated carbocycles. The van der Waals surface area contributed by atoms with Crippen LogP contribution in [0.1, 0.15) is 85.5 Å². The molecule has 3 atom stereocenters. The van der Waals surface area contributed by atoms with Gasteiger partial charge in [0.1, 0.15) is 12.2 Å². The molecule has 0 aromatic heterocycles. The fraction of sp³-hybridized carbons (Fsp3) is 0.870. The standard InChI is InChI=1S/C23H37NO5/c1-5-27-20(26)18-15-28-21(24-18)23(14-19(25)29-22(2,3)4)13-17(23)12-11-16-9-7-6-8-10-16/h16-18H,5-15H2,1-4H3/t17?,18-,23+/m0/s1. The highest BCUT2D eigenvalue weighted by Crippen LogP contribution is 2.60. The average Bonchev–Trinajstić information content (AvgIpc) is 3.11. The molecule has 0 N–H and O–H groups in total. The van der Waals surface area contributed by atoms with Gasteiger partial charge >= 0.3 is 11.9 Å². The summed E-state index contributed by atoms with van der Waals surface area (Å²) in [5, 5.41) is 0. The van der Waals surface area contributed by atoms with E-state index in [0.717, 1.165) is 18.8 Å². The first kappa shape index (κ1) is 22.1. The first-order chi connectivity index (χ1) is 13.7. The van der Waals surface area contributed by atoms with E-state index >= 15 is 0 Å². The molecule has 2 aliphatic carbocycles. The molecule has 0 spiro atoms. The van der Waals surface area contributed by atoms with Crippen LogP contribution in [0.15, 0.2) is 4.99 Å². The summed E-state index contributed by atoms with van der Waals surface area (Å²) in [4.78, 5) is 29.2. The third-order valence-corrected chi connectivity index (χ3v) is 6.40. The zero-order valence-corrected chi connectivity index (χ0v) is 18.5. The molecule has 164 valence electrons. The molecule has 0 aromatic carbocycles. The molecule has 1 heterocycles. The van der Waals surface area contributed by atoms with Crippen LogP contribution in [0.3, 0.4) is 0 Å². The van der Waals surface area contributed by atoms with Gasteiger partial charge in [-0.1, -0.05) is 38.5 Å². The maximum absolute atomic E-state index is 12.6. The third kappa shape index (κ3) is 5.73. The van der Waals surface area contributed by atoms with Crippen LogP contribution < -0.4 is 0 Å². The van der Waals surface area contributed by atoms with Gasteiger partial charge < -0.3 is 14.2 Å². The van der Waals surface area contributed by atoms with Crippen molar-refractivity contribution in [3.05, 3.63) is 0 Å². The van der Waals surface area contributed by atoms with Crippen molar-refractivity contribution in [2.75, 3.05) is 13.2 Å². The predicted molar refractivity (Wildman–Crippen MR) is 111 cm³/mol. The van der Waals surface area contributed by atoms with Gasteiger partial charge in [-0.25, -0.2) is 9.79 Å². The fourth-order valence-electron chi connectivity index (χ4n) is 4.87. The molecule has 0 radical (unpaired) electrons. The van der Waals surface area contributed by atoms with Crippen molar-refractivity contribution >= 4 is 17.8 Å². The van der Waals surface area contributed by atoms with Gasteiger partial charge in [0.05, 0.1) is 18.4 Å². The molecular weight excluding hydrogens is 370 g/mol. The van der Waals surface area contributed by atoms with E-state index in [9.17, 15) is 9.59 Å². The first-order valence-electron chi connectivity index (χ1n) is 11.3. The number of hydrogen-bond donors (Lipinski definition) is 0. The molecule has 0 aromatic rings. The SMILES string of the molecule is CCOC(=O)[C@@H]1COC([C@@]2(CC(=O)OC(C)(C)C)CC2CCC2CCCCC2)=N1. The summed E-state index contributed by atoms with van der Waals surface area (Å²) in [7, 11) is 0. The zero-order valence-electron chi connectivity index (χ0n) is 18.5. The van der Waals surface area contributed by atoms with Gasteiger partial charge in [-0.3, -0.25) is 4.79 Å². The summed E-state index contributed by atoms with van der Waals surface area (Å²) in [6.07, 6.45) is 10.1. The second-order valence-corrected chi connectivity index (χ2v) is 9.91. The molecule has 1 aliphatic heterocycles. The van der Waals surface area contributed by atoms with Crippen LogP contribution in [0.25, 0.3) is 0 Å². The van der Waals surface area contributed by atoms with Crippen molar-refractivity contribution < 1.29 is 23.8 Å². The third-order valence-electron chi connectivity index (χ3n) is 6.40. The molecule has 2 fully saturated rings. The van der Waals surface area contributed by atoms with Crippen molar-refractivity contribution in [3.8, 4) is 0 Å². The second-order valence-electron chi connectivity index (χ2n) is 9.91. The summed E-state index contributed by atoms with van der Waals surface area (Å²) in [5.74, 6) is 1.17. The van der Waals surface area contributed by atoms with Gasteiger partial charge in [0.25, 0.3) is 0 Å². The van der Waals surface area contributed by atoms with Gasteiger partial charge in [-0.2, -0.15) is 0 Å². The number of nitrogens with zero attached hydrogens (tertiary/aromatic N) is 1. The van der Waals surface area contributed by atoms with E-state index in [1.807, 2.05) is 20.8 Å². The molecule has 29 heavy (non-hydrogen) atoms. The van der Waals surface area contributed by atoms with Crippen molar-refractivity contribution in [3.63, 3.8) is 0 Å². The van der Waals surface area contributed by atoms with Crippen LogP contribution >= 0.6 is 0 Å². The number of carbonyl (C=O) groups excluding carboxylic acids is 2. The lowest BCUT2D eigenvalue weighted by atomic mass is 9.84.